The Morgan fingerprint density at radius 3 is 2.41 bits per heavy atom. The highest BCUT2D eigenvalue weighted by Gasteiger charge is 2.03. The zero-order chi connectivity index (χ0) is 12.3. The summed E-state index contributed by atoms with van der Waals surface area (Å²) in [5.41, 5.74) is 6.65. The van der Waals surface area contributed by atoms with Gasteiger partial charge in [0, 0.05) is 20.8 Å². The smallest absolute Gasteiger partial charge is 0.123 e. The van der Waals surface area contributed by atoms with E-state index in [1.165, 1.54) is 12.1 Å². The van der Waals surface area contributed by atoms with Crippen molar-refractivity contribution in [2.24, 2.45) is 5.73 Å². The van der Waals surface area contributed by atoms with E-state index in [2.05, 4.69) is 15.9 Å². The number of benzene rings is 2. The van der Waals surface area contributed by atoms with E-state index in [4.69, 9.17) is 5.73 Å². The van der Waals surface area contributed by atoms with Gasteiger partial charge in [-0.25, -0.2) is 4.39 Å². The van der Waals surface area contributed by atoms with Gasteiger partial charge in [-0.05, 0) is 57.9 Å². The first-order valence-corrected chi connectivity index (χ1v) is 6.72. The Balaban J connectivity index is 2.21. The average Bonchev–Trinajstić information content (AvgIpc) is 2.34. The van der Waals surface area contributed by atoms with Crippen LogP contribution in [0.2, 0.25) is 0 Å². The molecule has 2 rings (SSSR count). The lowest BCUT2D eigenvalue weighted by Gasteiger charge is -2.06. The van der Waals surface area contributed by atoms with E-state index in [9.17, 15) is 4.39 Å². The molecule has 0 aliphatic rings. The maximum atomic E-state index is 12.8. The zero-order valence-corrected chi connectivity index (χ0v) is 11.4. The number of hydrogen-bond donors (Lipinski definition) is 1. The second kappa shape index (κ2) is 5.67. The van der Waals surface area contributed by atoms with Crippen molar-refractivity contribution >= 4 is 27.7 Å². The van der Waals surface area contributed by atoms with Crippen molar-refractivity contribution in [1.82, 2.24) is 0 Å². The SMILES string of the molecule is NCc1ccc(Sc2ccc(F)cc2)c(Br)c1. The van der Waals surface area contributed by atoms with Crippen LogP contribution in [0.4, 0.5) is 4.39 Å². The second-order valence-corrected chi connectivity index (χ2v) is 5.49. The molecule has 0 aliphatic carbocycles. The molecule has 0 saturated carbocycles. The second-order valence-electron chi connectivity index (χ2n) is 3.52. The zero-order valence-electron chi connectivity index (χ0n) is 8.99. The number of hydrogen-bond acceptors (Lipinski definition) is 2. The first-order chi connectivity index (χ1) is 8.19. The molecular weight excluding hydrogens is 301 g/mol. The normalized spacial score (nSPS) is 10.5. The van der Waals surface area contributed by atoms with Gasteiger partial charge in [-0.15, -0.1) is 0 Å². The minimum atomic E-state index is -0.216. The van der Waals surface area contributed by atoms with Crippen LogP contribution < -0.4 is 5.73 Å². The van der Waals surface area contributed by atoms with Crippen LogP contribution >= 0.6 is 27.7 Å². The van der Waals surface area contributed by atoms with Gasteiger partial charge in [-0.2, -0.15) is 0 Å². The van der Waals surface area contributed by atoms with Crippen LogP contribution in [-0.2, 0) is 6.54 Å². The van der Waals surface area contributed by atoms with Crippen LogP contribution in [0, 0.1) is 5.82 Å². The predicted molar refractivity (Wildman–Crippen MR) is 72.6 cm³/mol. The van der Waals surface area contributed by atoms with Crippen molar-refractivity contribution in [2.75, 3.05) is 0 Å². The molecule has 88 valence electrons. The Morgan fingerprint density at radius 2 is 1.82 bits per heavy atom. The Morgan fingerprint density at radius 1 is 1.12 bits per heavy atom. The van der Waals surface area contributed by atoms with E-state index in [1.807, 2.05) is 18.2 Å². The molecule has 0 heterocycles. The van der Waals surface area contributed by atoms with E-state index in [0.717, 1.165) is 19.8 Å². The van der Waals surface area contributed by atoms with Gasteiger partial charge in [0.05, 0.1) is 0 Å². The first-order valence-electron chi connectivity index (χ1n) is 5.11. The minimum absolute atomic E-state index is 0.216. The lowest BCUT2D eigenvalue weighted by molar-refractivity contribution is 0.626. The summed E-state index contributed by atoms with van der Waals surface area (Å²) in [7, 11) is 0. The van der Waals surface area contributed by atoms with Crippen molar-refractivity contribution < 1.29 is 4.39 Å². The van der Waals surface area contributed by atoms with Gasteiger partial charge < -0.3 is 5.73 Å². The summed E-state index contributed by atoms with van der Waals surface area (Å²) in [6.45, 7) is 0.528. The summed E-state index contributed by atoms with van der Waals surface area (Å²) in [5.74, 6) is -0.216. The molecule has 4 heteroatoms. The maximum absolute atomic E-state index is 12.8. The largest absolute Gasteiger partial charge is 0.326 e. The Labute approximate surface area is 112 Å². The van der Waals surface area contributed by atoms with E-state index >= 15 is 0 Å². The minimum Gasteiger partial charge on any atom is -0.326 e. The van der Waals surface area contributed by atoms with Crippen LogP contribution in [0.3, 0.4) is 0 Å². The summed E-state index contributed by atoms with van der Waals surface area (Å²) >= 11 is 5.10. The van der Waals surface area contributed by atoms with Gasteiger partial charge in [-0.1, -0.05) is 17.8 Å². The number of nitrogens with two attached hydrogens (primary N) is 1. The van der Waals surface area contributed by atoms with E-state index in [1.54, 1.807) is 23.9 Å². The molecule has 0 fully saturated rings. The van der Waals surface area contributed by atoms with Crippen molar-refractivity contribution in [3.63, 3.8) is 0 Å². The molecular formula is C13H11BrFNS. The van der Waals surface area contributed by atoms with Crippen molar-refractivity contribution in [2.45, 2.75) is 16.3 Å². The highest BCUT2D eigenvalue weighted by molar-refractivity contribution is 9.10. The molecule has 0 unspecified atom stereocenters. The Hall–Kier alpha value is -0.840. The standard InChI is InChI=1S/C13H11BrFNS/c14-12-7-9(8-16)1-6-13(12)17-11-4-2-10(15)3-5-11/h1-7H,8,16H2. The van der Waals surface area contributed by atoms with E-state index < -0.39 is 0 Å². The Bertz CT molecular complexity index is 513. The van der Waals surface area contributed by atoms with Crippen molar-refractivity contribution in [3.05, 3.63) is 58.3 Å². The molecule has 0 aliphatic heterocycles. The van der Waals surface area contributed by atoms with Gasteiger partial charge in [0.1, 0.15) is 5.82 Å². The first kappa shape index (κ1) is 12.6. The van der Waals surface area contributed by atoms with Gasteiger partial charge in [0.25, 0.3) is 0 Å². The predicted octanol–water partition coefficient (Wildman–Crippen LogP) is 4.20. The summed E-state index contributed by atoms with van der Waals surface area (Å²) in [6, 6.07) is 12.5. The van der Waals surface area contributed by atoms with Crippen LogP contribution in [0.25, 0.3) is 0 Å². The molecule has 0 amide bonds. The quantitative estimate of drug-likeness (QED) is 0.919. The average molecular weight is 312 g/mol. The molecule has 2 aromatic rings. The molecule has 0 atom stereocenters. The summed E-state index contributed by atoms with van der Waals surface area (Å²) in [6.07, 6.45) is 0. The van der Waals surface area contributed by atoms with E-state index in [-0.39, 0.29) is 5.82 Å². The third-order valence-corrected chi connectivity index (χ3v) is 4.28. The third-order valence-electron chi connectivity index (χ3n) is 2.27. The lowest BCUT2D eigenvalue weighted by Crippen LogP contribution is -1.95. The van der Waals surface area contributed by atoms with Crippen LogP contribution in [0.5, 0.6) is 0 Å². The fourth-order valence-electron chi connectivity index (χ4n) is 1.38. The maximum Gasteiger partial charge on any atom is 0.123 e. The molecule has 2 aromatic carbocycles. The molecule has 0 aromatic heterocycles. The molecule has 17 heavy (non-hydrogen) atoms. The molecule has 0 bridgehead atoms. The van der Waals surface area contributed by atoms with E-state index in [0.29, 0.717) is 6.54 Å². The number of rotatable bonds is 3. The topological polar surface area (TPSA) is 26.0 Å². The third kappa shape index (κ3) is 3.31. The van der Waals surface area contributed by atoms with Crippen LogP contribution in [0.1, 0.15) is 5.56 Å². The highest BCUT2D eigenvalue weighted by Crippen LogP contribution is 2.33. The van der Waals surface area contributed by atoms with Gasteiger partial charge in [0.2, 0.25) is 0 Å². The monoisotopic (exact) mass is 311 g/mol. The highest BCUT2D eigenvalue weighted by atomic mass is 79.9. The Kier molecular flexibility index (Phi) is 4.20. The molecule has 0 radical (unpaired) electrons. The molecule has 0 saturated heterocycles. The van der Waals surface area contributed by atoms with Gasteiger partial charge >= 0.3 is 0 Å². The molecule has 0 spiro atoms. The van der Waals surface area contributed by atoms with Gasteiger partial charge in [-0.3, -0.25) is 0 Å². The lowest BCUT2D eigenvalue weighted by atomic mass is 10.2. The summed E-state index contributed by atoms with van der Waals surface area (Å²) in [5, 5.41) is 0. The fourth-order valence-corrected chi connectivity index (χ4v) is 2.87. The van der Waals surface area contributed by atoms with Crippen LogP contribution in [0.15, 0.2) is 56.7 Å². The molecule has 1 nitrogen and oxygen atoms in total. The number of halogens is 2. The van der Waals surface area contributed by atoms with Crippen molar-refractivity contribution in [3.8, 4) is 0 Å². The van der Waals surface area contributed by atoms with Crippen molar-refractivity contribution in [1.29, 1.82) is 0 Å². The summed E-state index contributed by atoms with van der Waals surface area (Å²) in [4.78, 5) is 2.10. The molecule has 2 N–H and O–H groups in total. The van der Waals surface area contributed by atoms with Gasteiger partial charge in [0.15, 0.2) is 0 Å². The van der Waals surface area contributed by atoms with Crippen LogP contribution in [-0.4, -0.2) is 0 Å². The summed E-state index contributed by atoms with van der Waals surface area (Å²) < 4.78 is 13.8. The fraction of sp³-hybridized carbons (Fsp3) is 0.0769.